The van der Waals surface area contributed by atoms with Crippen molar-refractivity contribution in [2.75, 3.05) is 6.61 Å². The Hall–Kier alpha value is -3.34. The standard InChI is InChI=1S/C28H29N3O2/c1-17-27(18(2)30(3)29-17)19-14-20-12-13-21(15-19)31(20)28(32)33-16-26-24-10-6-4-8-22(24)23-9-5-7-11-25(23)26/h4-11,14,20-21,26H,12-13,15-16H2,1-3H3. The van der Waals surface area contributed by atoms with Gasteiger partial charge in [0.05, 0.1) is 11.7 Å². The Morgan fingerprint density at radius 3 is 2.30 bits per heavy atom. The number of hydrogen-bond acceptors (Lipinski definition) is 3. The summed E-state index contributed by atoms with van der Waals surface area (Å²) < 4.78 is 7.94. The normalized spacial score (nSPS) is 21.1. The smallest absolute Gasteiger partial charge is 0.410 e. The Morgan fingerprint density at radius 1 is 1.03 bits per heavy atom. The van der Waals surface area contributed by atoms with E-state index in [0.29, 0.717) is 6.61 Å². The highest BCUT2D eigenvalue weighted by Crippen LogP contribution is 2.45. The molecule has 6 rings (SSSR count). The van der Waals surface area contributed by atoms with Crippen LogP contribution in [0.1, 0.15) is 53.3 Å². The van der Waals surface area contributed by atoms with Gasteiger partial charge in [-0.2, -0.15) is 5.10 Å². The van der Waals surface area contributed by atoms with Crippen LogP contribution in [0.15, 0.2) is 54.6 Å². The number of ether oxygens (including phenoxy) is 1. The molecule has 1 saturated heterocycles. The number of fused-ring (bicyclic) bond motifs is 5. The highest BCUT2D eigenvalue weighted by atomic mass is 16.6. The van der Waals surface area contributed by atoms with Gasteiger partial charge < -0.3 is 4.74 Å². The quantitative estimate of drug-likeness (QED) is 0.533. The molecule has 0 radical (unpaired) electrons. The van der Waals surface area contributed by atoms with E-state index in [2.05, 4.69) is 73.6 Å². The number of carbonyl (C=O) groups is 1. The minimum absolute atomic E-state index is 0.0931. The van der Waals surface area contributed by atoms with Crippen molar-refractivity contribution in [1.82, 2.24) is 14.7 Å². The number of rotatable bonds is 3. The lowest BCUT2D eigenvalue weighted by Gasteiger charge is -2.33. The van der Waals surface area contributed by atoms with Crippen LogP contribution in [0, 0.1) is 13.8 Å². The zero-order chi connectivity index (χ0) is 22.7. The summed E-state index contributed by atoms with van der Waals surface area (Å²) in [6.07, 6.45) is 4.99. The topological polar surface area (TPSA) is 47.4 Å². The summed E-state index contributed by atoms with van der Waals surface area (Å²) in [6, 6.07) is 17.2. The first-order valence-electron chi connectivity index (χ1n) is 11.9. The predicted molar refractivity (Wildman–Crippen MR) is 129 cm³/mol. The van der Waals surface area contributed by atoms with Crippen LogP contribution >= 0.6 is 0 Å². The molecular formula is C28H29N3O2. The van der Waals surface area contributed by atoms with Gasteiger partial charge >= 0.3 is 6.09 Å². The van der Waals surface area contributed by atoms with Crippen molar-refractivity contribution < 1.29 is 9.53 Å². The number of benzene rings is 2. The summed E-state index contributed by atoms with van der Waals surface area (Å²) >= 11 is 0. The van der Waals surface area contributed by atoms with Gasteiger partial charge in [-0.25, -0.2) is 4.79 Å². The molecule has 3 aromatic rings. The summed E-state index contributed by atoms with van der Waals surface area (Å²) in [5, 5.41) is 4.59. The van der Waals surface area contributed by atoms with Crippen LogP contribution in [-0.4, -0.2) is 39.5 Å². The highest BCUT2D eigenvalue weighted by Gasteiger charge is 2.42. The van der Waals surface area contributed by atoms with Crippen LogP contribution in [-0.2, 0) is 11.8 Å². The van der Waals surface area contributed by atoms with Crippen LogP contribution in [0.2, 0.25) is 0 Å². The number of carbonyl (C=O) groups excluding carboxylic acids is 1. The lowest BCUT2D eigenvalue weighted by atomic mass is 9.93. The zero-order valence-corrected chi connectivity index (χ0v) is 19.4. The molecule has 3 heterocycles. The van der Waals surface area contributed by atoms with Crippen molar-refractivity contribution in [3.8, 4) is 11.1 Å². The molecule has 0 saturated carbocycles. The molecule has 2 aromatic carbocycles. The third-order valence-corrected chi connectivity index (χ3v) is 7.77. The van der Waals surface area contributed by atoms with E-state index in [4.69, 9.17) is 4.74 Å². The highest BCUT2D eigenvalue weighted by molar-refractivity contribution is 5.79. The molecule has 2 atom stereocenters. The fourth-order valence-electron chi connectivity index (χ4n) is 6.21. The van der Waals surface area contributed by atoms with E-state index in [0.717, 1.165) is 25.0 Å². The van der Waals surface area contributed by atoms with Gasteiger partial charge in [0.15, 0.2) is 0 Å². The van der Waals surface area contributed by atoms with Gasteiger partial charge in [0.1, 0.15) is 6.61 Å². The number of aryl methyl sites for hydroxylation is 2. The van der Waals surface area contributed by atoms with Crippen molar-refractivity contribution in [1.29, 1.82) is 0 Å². The largest absolute Gasteiger partial charge is 0.448 e. The molecule has 0 spiro atoms. The Labute approximate surface area is 194 Å². The molecular weight excluding hydrogens is 410 g/mol. The van der Waals surface area contributed by atoms with Gasteiger partial charge in [-0.1, -0.05) is 54.6 Å². The Bertz CT molecular complexity index is 1240. The maximum Gasteiger partial charge on any atom is 0.410 e. The second-order valence-corrected chi connectivity index (χ2v) is 9.58. The summed E-state index contributed by atoms with van der Waals surface area (Å²) in [4.78, 5) is 15.3. The average Bonchev–Trinajstić information content (AvgIpc) is 3.38. The van der Waals surface area contributed by atoms with Gasteiger partial charge in [0.25, 0.3) is 0 Å². The molecule has 1 aromatic heterocycles. The van der Waals surface area contributed by atoms with Crippen molar-refractivity contribution >= 4 is 11.7 Å². The number of amides is 1. The molecule has 5 heteroatoms. The minimum Gasteiger partial charge on any atom is -0.448 e. The maximum absolute atomic E-state index is 13.3. The molecule has 0 N–H and O–H groups in total. The van der Waals surface area contributed by atoms with Crippen LogP contribution in [0.25, 0.3) is 16.7 Å². The van der Waals surface area contributed by atoms with Crippen LogP contribution in [0.4, 0.5) is 4.79 Å². The second kappa shape index (κ2) is 7.62. The average molecular weight is 440 g/mol. The van der Waals surface area contributed by atoms with Crippen LogP contribution in [0.5, 0.6) is 0 Å². The number of nitrogens with zero attached hydrogens (tertiary/aromatic N) is 3. The molecule has 168 valence electrons. The second-order valence-electron chi connectivity index (χ2n) is 9.58. The van der Waals surface area contributed by atoms with E-state index in [1.807, 2.05) is 16.6 Å². The van der Waals surface area contributed by atoms with Crippen molar-refractivity contribution in [3.63, 3.8) is 0 Å². The maximum atomic E-state index is 13.3. The van der Waals surface area contributed by atoms with Gasteiger partial charge in [-0.05, 0) is 60.9 Å². The fourth-order valence-corrected chi connectivity index (χ4v) is 6.21. The fraction of sp³-hybridized carbons (Fsp3) is 0.357. The SMILES string of the molecule is Cc1nn(C)c(C)c1C1=CC2CCC(C1)N2C(=O)OCC1c2ccccc2-c2ccccc21. The molecule has 2 bridgehead atoms. The van der Waals surface area contributed by atoms with Crippen LogP contribution < -0.4 is 0 Å². The molecule has 5 nitrogen and oxygen atoms in total. The summed E-state index contributed by atoms with van der Waals surface area (Å²) in [5.74, 6) is 0.0931. The van der Waals surface area contributed by atoms with Crippen LogP contribution in [0.3, 0.4) is 0 Å². The zero-order valence-electron chi connectivity index (χ0n) is 19.4. The monoisotopic (exact) mass is 439 g/mol. The lowest BCUT2D eigenvalue weighted by Crippen LogP contribution is -2.43. The van der Waals surface area contributed by atoms with Crippen molar-refractivity contribution in [2.24, 2.45) is 7.05 Å². The van der Waals surface area contributed by atoms with E-state index in [9.17, 15) is 4.79 Å². The third-order valence-electron chi connectivity index (χ3n) is 7.77. The van der Waals surface area contributed by atoms with E-state index in [1.54, 1.807) is 0 Å². The summed E-state index contributed by atoms with van der Waals surface area (Å²) in [5.41, 5.74) is 9.83. The molecule has 1 amide bonds. The Balaban J connectivity index is 1.22. The molecule has 1 aliphatic carbocycles. The molecule has 2 aliphatic heterocycles. The van der Waals surface area contributed by atoms with E-state index < -0.39 is 0 Å². The van der Waals surface area contributed by atoms with Gasteiger partial charge in [-0.3, -0.25) is 9.58 Å². The first kappa shape index (κ1) is 20.3. The van der Waals surface area contributed by atoms with E-state index in [1.165, 1.54) is 39.1 Å². The summed E-state index contributed by atoms with van der Waals surface area (Å²) in [7, 11) is 1.99. The first-order valence-corrected chi connectivity index (χ1v) is 11.9. The molecule has 1 fully saturated rings. The van der Waals surface area contributed by atoms with E-state index >= 15 is 0 Å². The van der Waals surface area contributed by atoms with Crippen molar-refractivity contribution in [3.05, 3.63) is 82.7 Å². The number of hydrogen-bond donors (Lipinski definition) is 0. The van der Waals surface area contributed by atoms with Crippen molar-refractivity contribution in [2.45, 2.75) is 51.1 Å². The number of aromatic nitrogens is 2. The molecule has 2 unspecified atom stereocenters. The predicted octanol–water partition coefficient (Wildman–Crippen LogP) is 5.61. The first-order chi connectivity index (χ1) is 16.0. The minimum atomic E-state index is -0.181. The van der Waals surface area contributed by atoms with Gasteiger partial charge in [-0.15, -0.1) is 0 Å². The van der Waals surface area contributed by atoms with Gasteiger partial charge in [0.2, 0.25) is 0 Å². The van der Waals surface area contributed by atoms with E-state index in [-0.39, 0.29) is 24.1 Å². The summed E-state index contributed by atoms with van der Waals surface area (Å²) in [6.45, 7) is 4.57. The Morgan fingerprint density at radius 2 is 1.70 bits per heavy atom. The van der Waals surface area contributed by atoms with Gasteiger partial charge in [0, 0.05) is 30.3 Å². The molecule has 3 aliphatic rings. The molecule has 33 heavy (non-hydrogen) atoms. The third kappa shape index (κ3) is 3.13. The lowest BCUT2D eigenvalue weighted by molar-refractivity contribution is 0.0866. The Kier molecular flexibility index (Phi) is 4.68.